The quantitative estimate of drug-likeness (QED) is 0.614. The van der Waals surface area contributed by atoms with E-state index in [0.717, 1.165) is 32.4 Å². The zero-order valence-corrected chi connectivity index (χ0v) is 16.4. The Bertz CT molecular complexity index is 510. The number of carboxylic acids is 1. The van der Waals surface area contributed by atoms with Crippen LogP contribution in [0.2, 0.25) is 0 Å². The van der Waals surface area contributed by atoms with Crippen LogP contribution in [0, 0.1) is 0 Å². The van der Waals surface area contributed by atoms with E-state index in [1.165, 1.54) is 7.11 Å². The van der Waals surface area contributed by atoms with Gasteiger partial charge in [-0.1, -0.05) is 33.6 Å². The van der Waals surface area contributed by atoms with Crippen molar-refractivity contribution in [2.75, 3.05) is 34.4 Å². The highest BCUT2D eigenvalue weighted by atomic mass is 16.5. The zero-order valence-electron chi connectivity index (χ0n) is 16.4. The summed E-state index contributed by atoms with van der Waals surface area (Å²) in [6, 6.07) is -0.0396. The lowest BCUT2D eigenvalue weighted by Crippen LogP contribution is -2.56. The van der Waals surface area contributed by atoms with Gasteiger partial charge >= 0.3 is 5.97 Å². The highest BCUT2D eigenvalue weighted by molar-refractivity contribution is 5.88. The van der Waals surface area contributed by atoms with Crippen molar-refractivity contribution in [1.82, 2.24) is 4.90 Å². The Morgan fingerprint density at radius 1 is 1.24 bits per heavy atom. The molecule has 0 saturated carbocycles. The van der Waals surface area contributed by atoms with Gasteiger partial charge in [0.2, 0.25) is 0 Å². The molecule has 0 amide bonds. The molecule has 2 atom stereocenters. The number of ether oxygens (including phenoxy) is 3. The maximum atomic E-state index is 11.7. The van der Waals surface area contributed by atoms with Crippen molar-refractivity contribution >= 4 is 5.97 Å². The number of methoxy groups -OCH3 is 3. The summed E-state index contributed by atoms with van der Waals surface area (Å²) in [4.78, 5) is 14.0. The van der Waals surface area contributed by atoms with Crippen molar-refractivity contribution in [1.29, 1.82) is 0 Å². The molecule has 6 nitrogen and oxygen atoms in total. The van der Waals surface area contributed by atoms with Crippen LogP contribution in [-0.4, -0.2) is 62.0 Å². The first-order chi connectivity index (χ1) is 11.9. The summed E-state index contributed by atoms with van der Waals surface area (Å²) in [5, 5.41) is 9.59. The molecule has 2 unspecified atom stereocenters. The van der Waals surface area contributed by atoms with Gasteiger partial charge < -0.3 is 19.3 Å². The molecule has 1 rings (SSSR count). The number of hydrogen-bond acceptors (Lipinski definition) is 5. The zero-order chi connectivity index (χ0) is 19.0. The van der Waals surface area contributed by atoms with Crippen LogP contribution in [-0.2, 0) is 19.0 Å². The van der Waals surface area contributed by atoms with Crippen LogP contribution in [0.5, 0.6) is 0 Å². The third-order valence-corrected chi connectivity index (χ3v) is 4.99. The molecule has 1 N–H and O–H groups in total. The number of rotatable bonds is 11. The third-order valence-electron chi connectivity index (χ3n) is 4.99. The molecule has 0 fully saturated rings. The second-order valence-corrected chi connectivity index (χ2v) is 6.19. The van der Waals surface area contributed by atoms with Crippen LogP contribution in [0.4, 0.5) is 0 Å². The number of carboxylic acid groups (broad SMARTS) is 1. The summed E-state index contributed by atoms with van der Waals surface area (Å²) in [6.45, 7) is 8.02. The number of hydrogen-bond donors (Lipinski definition) is 1. The molecule has 6 heteroatoms. The Balaban J connectivity index is 3.58. The van der Waals surface area contributed by atoms with Crippen molar-refractivity contribution in [2.45, 2.75) is 58.1 Å². The van der Waals surface area contributed by atoms with E-state index in [-0.39, 0.29) is 18.0 Å². The second kappa shape index (κ2) is 9.82. The summed E-state index contributed by atoms with van der Waals surface area (Å²) in [5.74, 6) is 0.119. The Morgan fingerprint density at radius 3 is 2.28 bits per heavy atom. The van der Waals surface area contributed by atoms with Gasteiger partial charge in [-0.3, -0.25) is 4.90 Å². The molecular weight excluding hydrogens is 322 g/mol. The minimum atomic E-state index is -0.979. The van der Waals surface area contributed by atoms with Crippen LogP contribution < -0.4 is 0 Å². The van der Waals surface area contributed by atoms with Crippen molar-refractivity contribution < 1.29 is 24.1 Å². The van der Waals surface area contributed by atoms with Gasteiger partial charge in [-0.25, -0.2) is 4.79 Å². The largest absolute Gasteiger partial charge is 0.497 e. The average Bonchev–Trinajstić information content (AvgIpc) is 2.63. The lowest BCUT2D eigenvalue weighted by Gasteiger charge is -2.45. The maximum absolute atomic E-state index is 11.7. The number of carbonyl (C=O) groups is 1. The second-order valence-electron chi connectivity index (χ2n) is 6.19. The molecule has 1 aliphatic rings. The van der Waals surface area contributed by atoms with Crippen molar-refractivity contribution in [2.24, 2.45) is 0 Å². The molecule has 25 heavy (non-hydrogen) atoms. The van der Waals surface area contributed by atoms with Gasteiger partial charge in [0, 0.05) is 25.1 Å². The number of unbranched alkanes of at least 4 members (excludes halogenated alkanes) is 1. The molecule has 0 bridgehead atoms. The van der Waals surface area contributed by atoms with Gasteiger partial charge in [0.25, 0.3) is 0 Å². The van der Waals surface area contributed by atoms with E-state index in [2.05, 4.69) is 25.7 Å². The van der Waals surface area contributed by atoms with Crippen molar-refractivity contribution in [3.8, 4) is 0 Å². The lowest BCUT2D eigenvalue weighted by atomic mass is 9.80. The molecule has 0 aromatic rings. The topological polar surface area (TPSA) is 68.2 Å². The van der Waals surface area contributed by atoms with Crippen molar-refractivity contribution in [3.05, 3.63) is 23.2 Å². The molecule has 144 valence electrons. The van der Waals surface area contributed by atoms with Gasteiger partial charge in [0.15, 0.2) is 11.4 Å². The Morgan fingerprint density at radius 2 is 1.88 bits per heavy atom. The van der Waals surface area contributed by atoms with E-state index in [1.807, 2.05) is 0 Å². The summed E-state index contributed by atoms with van der Waals surface area (Å²) < 4.78 is 17.2. The fourth-order valence-electron chi connectivity index (χ4n) is 3.69. The highest BCUT2D eigenvalue weighted by Crippen LogP contribution is 2.41. The molecule has 1 aliphatic carbocycles. The fourth-order valence-corrected chi connectivity index (χ4v) is 3.69. The van der Waals surface area contributed by atoms with E-state index in [0.29, 0.717) is 11.5 Å². The first kappa shape index (κ1) is 21.5. The van der Waals surface area contributed by atoms with E-state index < -0.39 is 11.6 Å². The molecule has 0 aromatic heterocycles. The number of nitrogens with zero attached hydrogens (tertiary/aromatic N) is 1. The van der Waals surface area contributed by atoms with E-state index in [4.69, 9.17) is 14.2 Å². The lowest BCUT2D eigenvalue weighted by molar-refractivity contribution is -0.133. The normalized spacial score (nSPS) is 22.0. The first-order valence-corrected chi connectivity index (χ1v) is 9.01. The molecule has 0 radical (unpaired) electrons. The van der Waals surface area contributed by atoms with Gasteiger partial charge in [-0.05, 0) is 25.6 Å². The molecule has 0 aliphatic heterocycles. The Kier molecular flexibility index (Phi) is 8.45. The molecule has 0 aromatic carbocycles. The minimum absolute atomic E-state index is 0.0396. The van der Waals surface area contributed by atoms with Gasteiger partial charge in [0.1, 0.15) is 5.76 Å². The van der Waals surface area contributed by atoms with Crippen LogP contribution in [0.25, 0.3) is 0 Å². The standard InChI is InChI=1S/C19H33NO5/c1-7-10-11-16(20(8-2)9-3)19(25-6)13-14(18(21)22)12-15(23-4)17(19)24-5/h13,16H,7-12H2,1-6H3,(H,21,22). The van der Waals surface area contributed by atoms with E-state index in [9.17, 15) is 9.90 Å². The number of allylic oxidation sites excluding steroid dienone is 1. The van der Waals surface area contributed by atoms with Crippen molar-refractivity contribution in [3.63, 3.8) is 0 Å². The minimum Gasteiger partial charge on any atom is -0.497 e. The molecule has 0 saturated heterocycles. The molecule has 0 spiro atoms. The number of likely N-dealkylation sites (N-methyl/N-ethyl adjacent to an activating group) is 1. The fraction of sp³-hybridized carbons (Fsp3) is 0.737. The smallest absolute Gasteiger partial charge is 0.331 e. The summed E-state index contributed by atoms with van der Waals surface area (Å²) in [5.41, 5.74) is -0.707. The van der Waals surface area contributed by atoms with Gasteiger partial charge in [0.05, 0.1) is 14.2 Å². The molecule has 0 heterocycles. The number of aliphatic carboxylic acids is 1. The summed E-state index contributed by atoms with van der Waals surface area (Å²) in [7, 11) is 4.73. The van der Waals surface area contributed by atoms with Crippen LogP contribution in [0.1, 0.15) is 46.5 Å². The Labute approximate surface area is 151 Å². The predicted octanol–water partition coefficient (Wildman–Crippen LogP) is 3.19. The SMILES string of the molecule is CCCCC(N(CC)CC)C1(OC)C=C(C(=O)O)CC(OC)=C1OC. The van der Waals surface area contributed by atoms with Crippen LogP contribution in [0.15, 0.2) is 23.2 Å². The molecular formula is C19H33NO5. The van der Waals surface area contributed by atoms with Crippen LogP contribution >= 0.6 is 0 Å². The van der Waals surface area contributed by atoms with E-state index >= 15 is 0 Å². The predicted molar refractivity (Wildman–Crippen MR) is 97.4 cm³/mol. The summed E-state index contributed by atoms with van der Waals surface area (Å²) in [6.07, 6.45) is 4.85. The van der Waals surface area contributed by atoms with E-state index in [1.54, 1.807) is 20.3 Å². The maximum Gasteiger partial charge on any atom is 0.331 e. The summed E-state index contributed by atoms with van der Waals surface area (Å²) >= 11 is 0. The van der Waals surface area contributed by atoms with Gasteiger partial charge in [-0.2, -0.15) is 0 Å². The average molecular weight is 355 g/mol. The highest BCUT2D eigenvalue weighted by Gasteiger charge is 2.49. The van der Waals surface area contributed by atoms with Crippen LogP contribution in [0.3, 0.4) is 0 Å². The monoisotopic (exact) mass is 355 g/mol. The van der Waals surface area contributed by atoms with Gasteiger partial charge in [-0.15, -0.1) is 0 Å². The first-order valence-electron chi connectivity index (χ1n) is 9.01. The Hall–Kier alpha value is -1.53. The third kappa shape index (κ3) is 4.36.